The number of nitrogens with one attached hydrogen (secondary N) is 1. The summed E-state index contributed by atoms with van der Waals surface area (Å²) in [5.74, 6) is -1.70. The van der Waals surface area contributed by atoms with Crippen LogP contribution < -0.4 is 11.1 Å². The van der Waals surface area contributed by atoms with E-state index in [4.69, 9.17) is 5.73 Å². The lowest BCUT2D eigenvalue weighted by Crippen LogP contribution is -2.35. The van der Waals surface area contributed by atoms with Gasteiger partial charge >= 0.3 is 11.8 Å². The molecular formula is C13H18N2O2. The fraction of sp³-hybridized carbons (Fsp3) is 0.385. The van der Waals surface area contributed by atoms with Crippen LogP contribution >= 0.6 is 0 Å². The van der Waals surface area contributed by atoms with E-state index >= 15 is 0 Å². The van der Waals surface area contributed by atoms with E-state index < -0.39 is 11.8 Å². The van der Waals surface area contributed by atoms with Crippen molar-refractivity contribution in [3.05, 3.63) is 33.9 Å². The fourth-order valence-corrected chi connectivity index (χ4v) is 1.82. The molecule has 0 aliphatic carbocycles. The summed E-state index contributed by atoms with van der Waals surface area (Å²) < 4.78 is 0. The molecule has 0 bridgehead atoms. The highest BCUT2D eigenvalue weighted by Gasteiger charge is 2.12. The van der Waals surface area contributed by atoms with Gasteiger partial charge in [0.2, 0.25) is 0 Å². The molecule has 4 nitrogen and oxygen atoms in total. The topological polar surface area (TPSA) is 72.2 Å². The summed E-state index contributed by atoms with van der Waals surface area (Å²) in [5.41, 5.74) is 10.6. The normalized spacial score (nSPS) is 10.1. The highest BCUT2D eigenvalue weighted by Crippen LogP contribution is 2.21. The molecule has 0 aliphatic heterocycles. The van der Waals surface area contributed by atoms with Crippen LogP contribution in [0.15, 0.2) is 6.07 Å². The first-order valence-corrected chi connectivity index (χ1v) is 5.48. The minimum Gasteiger partial charge on any atom is -0.361 e. The van der Waals surface area contributed by atoms with Gasteiger partial charge in [-0.3, -0.25) is 9.59 Å². The van der Waals surface area contributed by atoms with Gasteiger partial charge in [-0.05, 0) is 55.5 Å². The monoisotopic (exact) mass is 234 g/mol. The Morgan fingerprint density at radius 1 is 1.12 bits per heavy atom. The minimum absolute atomic E-state index is 0.335. The molecule has 2 amide bonds. The molecular weight excluding hydrogens is 216 g/mol. The van der Waals surface area contributed by atoms with Crippen molar-refractivity contribution in [2.75, 3.05) is 0 Å². The van der Waals surface area contributed by atoms with E-state index in [1.165, 1.54) is 11.1 Å². The fourth-order valence-electron chi connectivity index (χ4n) is 1.82. The van der Waals surface area contributed by atoms with Gasteiger partial charge in [-0.25, -0.2) is 0 Å². The number of nitrogens with two attached hydrogens (primary N) is 1. The smallest absolute Gasteiger partial charge is 0.309 e. The van der Waals surface area contributed by atoms with Crippen LogP contribution in [0.5, 0.6) is 0 Å². The molecule has 0 saturated carbocycles. The molecule has 0 heterocycles. The molecule has 0 unspecified atom stereocenters. The Morgan fingerprint density at radius 3 is 2.00 bits per heavy atom. The summed E-state index contributed by atoms with van der Waals surface area (Å²) in [6, 6.07) is 2.12. The van der Waals surface area contributed by atoms with Crippen molar-refractivity contribution in [2.45, 2.75) is 34.2 Å². The quantitative estimate of drug-likeness (QED) is 0.750. The maximum Gasteiger partial charge on any atom is 0.309 e. The standard InChI is InChI=1S/C13H18N2O2/c1-7-5-8(2)10(4)11(9(7)3)6-15-13(17)12(14)16/h5H,6H2,1-4H3,(H2,14,16)(H,15,17). The van der Waals surface area contributed by atoms with Crippen molar-refractivity contribution >= 4 is 11.8 Å². The largest absolute Gasteiger partial charge is 0.361 e. The van der Waals surface area contributed by atoms with E-state index in [1.54, 1.807) is 0 Å². The SMILES string of the molecule is Cc1cc(C)c(C)c(CNC(=O)C(N)=O)c1C. The van der Waals surface area contributed by atoms with Crippen LogP contribution in [0.3, 0.4) is 0 Å². The second kappa shape index (κ2) is 4.99. The number of rotatable bonds is 2. The van der Waals surface area contributed by atoms with Gasteiger partial charge in [0, 0.05) is 6.54 Å². The molecule has 0 aliphatic rings. The van der Waals surface area contributed by atoms with Gasteiger partial charge < -0.3 is 11.1 Å². The third-order valence-electron chi connectivity index (χ3n) is 3.17. The number of primary amides is 1. The van der Waals surface area contributed by atoms with Gasteiger partial charge in [-0.1, -0.05) is 6.07 Å². The van der Waals surface area contributed by atoms with Gasteiger partial charge in [0.1, 0.15) is 0 Å². The Balaban J connectivity index is 2.99. The third kappa shape index (κ3) is 2.84. The Labute approximate surface area is 101 Å². The molecule has 0 aromatic heterocycles. The van der Waals surface area contributed by atoms with Crippen LogP contribution in [-0.2, 0) is 16.1 Å². The molecule has 1 aromatic rings. The Hall–Kier alpha value is -1.84. The Morgan fingerprint density at radius 2 is 1.59 bits per heavy atom. The van der Waals surface area contributed by atoms with Crippen LogP contribution in [0.4, 0.5) is 0 Å². The van der Waals surface area contributed by atoms with Crippen molar-refractivity contribution in [2.24, 2.45) is 5.73 Å². The molecule has 17 heavy (non-hydrogen) atoms. The van der Waals surface area contributed by atoms with Crippen molar-refractivity contribution in [3.8, 4) is 0 Å². The lowest BCUT2D eigenvalue weighted by Gasteiger charge is -2.15. The average molecular weight is 234 g/mol. The van der Waals surface area contributed by atoms with Crippen LogP contribution in [0.2, 0.25) is 0 Å². The Bertz CT molecular complexity index is 453. The highest BCUT2D eigenvalue weighted by molar-refractivity contribution is 6.34. The summed E-state index contributed by atoms with van der Waals surface area (Å²) in [6.07, 6.45) is 0. The van der Waals surface area contributed by atoms with Gasteiger partial charge in [0.15, 0.2) is 0 Å². The van der Waals surface area contributed by atoms with Crippen LogP contribution in [0.1, 0.15) is 27.8 Å². The molecule has 0 spiro atoms. The van der Waals surface area contributed by atoms with Gasteiger partial charge in [-0.15, -0.1) is 0 Å². The predicted octanol–water partition coefficient (Wildman–Crippen LogP) is 1.02. The average Bonchev–Trinajstić information content (AvgIpc) is 2.26. The van der Waals surface area contributed by atoms with Crippen molar-refractivity contribution in [1.29, 1.82) is 0 Å². The molecule has 0 fully saturated rings. The summed E-state index contributed by atoms with van der Waals surface area (Å²) in [7, 11) is 0. The maximum absolute atomic E-state index is 11.1. The van der Waals surface area contributed by atoms with Crippen LogP contribution in [-0.4, -0.2) is 11.8 Å². The van der Waals surface area contributed by atoms with E-state index in [2.05, 4.69) is 11.4 Å². The first-order chi connectivity index (χ1) is 7.84. The third-order valence-corrected chi connectivity index (χ3v) is 3.17. The van der Waals surface area contributed by atoms with Crippen LogP contribution in [0.25, 0.3) is 0 Å². The number of carbonyl (C=O) groups excluding carboxylic acids is 2. The maximum atomic E-state index is 11.1. The van der Waals surface area contributed by atoms with Crippen molar-refractivity contribution in [3.63, 3.8) is 0 Å². The molecule has 4 heteroatoms. The zero-order chi connectivity index (χ0) is 13.2. The summed E-state index contributed by atoms with van der Waals surface area (Å²) in [5, 5.41) is 2.52. The van der Waals surface area contributed by atoms with Crippen molar-refractivity contribution in [1.82, 2.24) is 5.32 Å². The molecule has 0 atom stereocenters. The second-order valence-corrected chi connectivity index (χ2v) is 4.29. The second-order valence-electron chi connectivity index (χ2n) is 4.29. The summed E-state index contributed by atoms with van der Waals surface area (Å²) >= 11 is 0. The summed E-state index contributed by atoms with van der Waals surface area (Å²) in [6.45, 7) is 8.41. The van der Waals surface area contributed by atoms with E-state index in [0.717, 1.165) is 16.7 Å². The van der Waals surface area contributed by atoms with Gasteiger partial charge in [0.05, 0.1) is 0 Å². The number of aryl methyl sites for hydroxylation is 2. The van der Waals surface area contributed by atoms with E-state index in [9.17, 15) is 9.59 Å². The van der Waals surface area contributed by atoms with Gasteiger partial charge in [0.25, 0.3) is 0 Å². The zero-order valence-electron chi connectivity index (χ0n) is 10.7. The number of carbonyl (C=O) groups is 2. The molecule has 0 saturated heterocycles. The zero-order valence-corrected chi connectivity index (χ0v) is 10.7. The highest BCUT2D eigenvalue weighted by atomic mass is 16.2. The number of amides is 2. The Kier molecular flexibility index (Phi) is 3.89. The molecule has 1 rings (SSSR count). The first-order valence-electron chi connectivity index (χ1n) is 5.48. The molecule has 1 aromatic carbocycles. The van der Waals surface area contributed by atoms with Crippen molar-refractivity contribution < 1.29 is 9.59 Å². The van der Waals surface area contributed by atoms with E-state index in [-0.39, 0.29) is 0 Å². The number of hydrogen-bond donors (Lipinski definition) is 2. The lowest BCUT2D eigenvalue weighted by molar-refractivity contribution is -0.137. The first kappa shape index (κ1) is 13.2. The van der Waals surface area contributed by atoms with E-state index in [0.29, 0.717) is 6.54 Å². The molecule has 0 radical (unpaired) electrons. The summed E-state index contributed by atoms with van der Waals surface area (Å²) in [4.78, 5) is 21.8. The number of benzene rings is 1. The van der Waals surface area contributed by atoms with Crippen LogP contribution in [0, 0.1) is 27.7 Å². The predicted molar refractivity (Wildman–Crippen MR) is 66.4 cm³/mol. The minimum atomic E-state index is -0.954. The molecule has 92 valence electrons. The number of hydrogen-bond acceptors (Lipinski definition) is 2. The van der Waals surface area contributed by atoms with E-state index in [1.807, 2.05) is 27.7 Å². The van der Waals surface area contributed by atoms with Gasteiger partial charge in [-0.2, -0.15) is 0 Å². The molecule has 3 N–H and O–H groups in total. The lowest BCUT2D eigenvalue weighted by atomic mass is 9.94.